The molecule has 1 aliphatic heterocycles. The van der Waals surface area contributed by atoms with Crippen molar-refractivity contribution in [1.82, 2.24) is 10.2 Å². The smallest absolute Gasteiger partial charge is 0.245 e. The molecule has 2 amide bonds. The number of nitrogens with one attached hydrogen (secondary N) is 1. The highest BCUT2D eigenvalue weighted by atomic mass is 16.2. The third-order valence-corrected chi connectivity index (χ3v) is 2.33. The van der Waals surface area contributed by atoms with Gasteiger partial charge in [0.15, 0.2) is 0 Å². The first-order valence-corrected chi connectivity index (χ1v) is 4.15. The van der Waals surface area contributed by atoms with Crippen LogP contribution in [-0.2, 0) is 9.59 Å². The average Bonchev–Trinajstić information content (AvgIpc) is 2.08. The third kappa shape index (κ3) is 1.29. The van der Waals surface area contributed by atoms with Gasteiger partial charge in [0.25, 0.3) is 0 Å². The van der Waals surface area contributed by atoms with Crippen molar-refractivity contribution >= 4 is 11.8 Å². The van der Waals surface area contributed by atoms with E-state index in [1.807, 2.05) is 6.92 Å². The summed E-state index contributed by atoms with van der Waals surface area (Å²) in [7, 11) is 1.66. The molecule has 0 spiro atoms. The molecule has 2 unspecified atom stereocenters. The molecular weight excluding hydrogens is 156 g/mol. The molecule has 0 radical (unpaired) electrons. The first-order valence-electron chi connectivity index (χ1n) is 4.15. The van der Waals surface area contributed by atoms with E-state index >= 15 is 0 Å². The monoisotopic (exact) mass is 170 g/mol. The fourth-order valence-electron chi connectivity index (χ4n) is 1.24. The van der Waals surface area contributed by atoms with Gasteiger partial charge in [0, 0.05) is 7.05 Å². The molecule has 1 N–H and O–H groups in total. The topological polar surface area (TPSA) is 49.4 Å². The second-order valence-corrected chi connectivity index (χ2v) is 3.09. The van der Waals surface area contributed by atoms with E-state index in [9.17, 15) is 9.59 Å². The van der Waals surface area contributed by atoms with Gasteiger partial charge in [0.1, 0.15) is 12.1 Å². The molecule has 1 saturated heterocycles. The summed E-state index contributed by atoms with van der Waals surface area (Å²) in [6.07, 6.45) is 0.654. The maximum atomic E-state index is 11.4. The Labute approximate surface area is 71.9 Å². The van der Waals surface area contributed by atoms with Crippen molar-refractivity contribution in [3.05, 3.63) is 0 Å². The lowest BCUT2D eigenvalue weighted by atomic mass is 10.1. The van der Waals surface area contributed by atoms with Crippen LogP contribution in [0, 0.1) is 0 Å². The van der Waals surface area contributed by atoms with Crippen LogP contribution in [0.25, 0.3) is 0 Å². The largest absolute Gasteiger partial charge is 0.343 e. The Balaban J connectivity index is 2.77. The van der Waals surface area contributed by atoms with Crippen LogP contribution in [-0.4, -0.2) is 35.8 Å². The summed E-state index contributed by atoms with van der Waals surface area (Å²) in [5.41, 5.74) is 0. The summed E-state index contributed by atoms with van der Waals surface area (Å²) in [4.78, 5) is 24.1. The van der Waals surface area contributed by atoms with Crippen LogP contribution >= 0.6 is 0 Å². The van der Waals surface area contributed by atoms with Crippen molar-refractivity contribution in [1.29, 1.82) is 0 Å². The zero-order valence-electron chi connectivity index (χ0n) is 7.63. The quantitative estimate of drug-likeness (QED) is 0.589. The van der Waals surface area contributed by atoms with Gasteiger partial charge in [-0.15, -0.1) is 0 Å². The highest BCUT2D eigenvalue weighted by molar-refractivity contribution is 5.96. The van der Waals surface area contributed by atoms with Crippen molar-refractivity contribution in [3.63, 3.8) is 0 Å². The van der Waals surface area contributed by atoms with Crippen LogP contribution < -0.4 is 5.32 Å². The van der Waals surface area contributed by atoms with E-state index in [1.165, 1.54) is 4.90 Å². The summed E-state index contributed by atoms with van der Waals surface area (Å²) in [6, 6.07) is -0.654. The summed E-state index contributed by atoms with van der Waals surface area (Å²) in [5, 5.41) is 2.67. The fraction of sp³-hybridized carbons (Fsp3) is 0.750. The summed E-state index contributed by atoms with van der Waals surface area (Å²) >= 11 is 0. The predicted octanol–water partition coefficient (Wildman–Crippen LogP) is -0.258. The van der Waals surface area contributed by atoms with Crippen LogP contribution in [0.4, 0.5) is 0 Å². The third-order valence-electron chi connectivity index (χ3n) is 2.33. The van der Waals surface area contributed by atoms with Crippen molar-refractivity contribution in [2.45, 2.75) is 32.4 Å². The molecule has 68 valence electrons. The number of rotatable bonds is 1. The normalized spacial score (nSPS) is 30.4. The van der Waals surface area contributed by atoms with Crippen molar-refractivity contribution in [2.24, 2.45) is 0 Å². The molecule has 4 heteroatoms. The number of carbonyl (C=O) groups is 2. The molecule has 0 saturated carbocycles. The van der Waals surface area contributed by atoms with E-state index in [0.29, 0.717) is 6.42 Å². The number of piperazine rings is 1. The SMILES string of the molecule is CCC1NC(=O)C(C)N(C)C1=O. The van der Waals surface area contributed by atoms with Gasteiger partial charge in [0.2, 0.25) is 11.8 Å². The highest BCUT2D eigenvalue weighted by Crippen LogP contribution is 2.08. The number of amides is 2. The van der Waals surface area contributed by atoms with Crippen LogP contribution in [0.15, 0.2) is 0 Å². The molecule has 0 bridgehead atoms. The van der Waals surface area contributed by atoms with Gasteiger partial charge in [-0.25, -0.2) is 0 Å². The van der Waals surface area contributed by atoms with E-state index in [1.54, 1.807) is 14.0 Å². The van der Waals surface area contributed by atoms with E-state index in [0.717, 1.165) is 0 Å². The minimum atomic E-state index is -0.333. The van der Waals surface area contributed by atoms with Gasteiger partial charge in [-0.3, -0.25) is 9.59 Å². The number of nitrogens with zero attached hydrogens (tertiary/aromatic N) is 1. The molecule has 2 atom stereocenters. The van der Waals surface area contributed by atoms with Gasteiger partial charge in [-0.05, 0) is 13.3 Å². The van der Waals surface area contributed by atoms with Crippen LogP contribution in [0.1, 0.15) is 20.3 Å². The first-order chi connectivity index (χ1) is 5.57. The Morgan fingerprint density at radius 2 is 2.08 bits per heavy atom. The molecule has 0 aromatic heterocycles. The van der Waals surface area contributed by atoms with E-state index in [4.69, 9.17) is 0 Å². The molecule has 1 heterocycles. The Hall–Kier alpha value is -1.06. The standard InChI is InChI=1S/C8H14N2O2/c1-4-6-8(12)10(3)5(2)7(11)9-6/h5-6H,4H2,1-3H3,(H,9,11). The molecule has 4 nitrogen and oxygen atoms in total. The van der Waals surface area contributed by atoms with Gasteiger partial charge in [-0.1, -0.05) is 6.92 Å². The predicted molar refractivity (Wildman–Crippen MR) is 44.5 cm³/mol. The molecule has 1 rings (SSSR count). The fourth-order valence-corrected chi connectivity index (χ4v) is 1.24. The number of likely N-dealkylation sites (N-methyl/N-ethyl adjacent to an activating group) is 1. The van der Waals surface area contributed by atoms with Gasteiger partial charge in [0.05, 0.1) is 0 Å². The Kier molecular flexibility index (Phi) is 2.35. The van der Waals surface area contributed by atoms with E-state index in [-0.39, 0.29) is 23.9 Å². The second-order valence-electron chi connectivity index (χ2n) is 3.09. The summed E-state index contributed by atoms with van der Waals surface area (Å²) in [6.45, 7) is 3.60. The Bertz CT molecular complexity index is 211. The van der Waals surface area contributed by atoms with Gasteiger partial charge in [-0.2, -0.15) is 0 Å². The molecule has 0 aliphatic carbocycles. The van der Waals surface area contributed by atoms with Crippen molar-refractivity contribution in [3.8, 4) is 0 Å². The molecular formula is C8H14N2O2. The first kappa shape index (κ1) is 9.03. The van der Waals surface area contributed by atoms with Crippen LogP contribution in [0.3, 0.4) is 0 Å². The van der Waals surface area contributed by atoms with Crippen molar-refractivity contribution < 1.29 is 9.59 Å². The van der Waals surface area contributed by atoms with E-state index < -0.39 is 0 Å². The Morgan fingerprint density at radius 1 is 1.50 bits per heavy atom. The molecule has 1 fully saturated rings. The van der Waals surface area contributed by atoms with Gasteiger partial charge >= 0.3 is 0 Å². The minimum Gasteiger partial charge on any atom is -0.343 e. The number of hydrogen-bond donors (Lipinski definition) is 1. The number of hydrogen-bond acceptors (Lipinski definition) is 2. The van der Waals surface area contributed by atoms with Crippen molar-refractivity contribution in [2.75, 3.05) is 7.05 Å². The highest BCUT2D eigenvalue weighted by Gasteiger charge is 2.34. The molecule has 12 heavy (non-hydrogen) atoms. The summed E-state index contributed by atoms with van der Waals surface area (Å²) < 4.78 is 0. The Morgan fingerprint density at radius 3 is 2.58 bits per heavy atom. The minimum absolute atomic E-state index is 0.00426. The van der Waals surface area contributed by atoms with Gasteiger partial charge < -0.3 is 10.2 Å². The second kappa shape index (κ2) is 3.13. The van der Waals surface area contributed by atoms with Crippen LogP contribution in [0.2, 0.25) is 0 Å². The lowest BCUT2D eigenvalue weighted by Gasteiger charge is -2.34. The lowest BCUT2D eigenvalue weighted by molar-refractivity contribution is -0.146. The van der Waals surface area contributed by atoms with E-state index in [2.05, 4.69) is 5.32 Å². The zero-order valence-corrected chi connectivity index (χ0v) is 7.63. The summed E-state index contributed by atoms with van der Waals surface area (Å²) in [5.74, 6) is -0.0615. The molecule has 0 aromatic rings. The molecule has 1 aliphatic rings. The molecule has 0 aromatic carbocycles. The lowest BCUT2D eigenvalue weighted by Crippen LogP contribution is -2.60. The maximum Gasteiger partial charge on any atom is 0.245 e. The zero-order chi connectivity index (χ0) is 9.30. The number of carbonyl (C=O) groups excluding carboxylic acids is 2. The average molecular weight is 170 g/mol. The van der Waals surface area contributed by atoms with Crippen LogP contribution in [0.5, 0.6) is 0 Å². The maximum absolute atomic E-state index is 11.4.